The molecule has 1 N–H and O–H groups in total. The molecule has 0 aromatic carbocycles. The van der Waals surface area contributed by atoms with E-state index in [1.54, 1.807) is 0 Å². The third kappa shape index (κ3) is 4.38. The van der Waals surface area contributed by atoms with Gasteiger partial charge in [-0.3, -0.25) is 9.59 Å². The minimum Gasteiger partial charge on any atom is -0.460 e. The van der Waals surface area contributed by atoms with E-state index < -0.39 is 5.54 Å². The molecule has 2 aromatic heterocycles. The predicted octanol–water partition coefficient (Wildman–Crippen LogP) is 4.74. The Labute approximate surface area is 189 Å². The van der Waals surface area contributed by atoms with Crippen LogP contribution in [0, 0.1) is 6.92 Å². The van der Waals surface area contributed by atoms with Crippen LogP contribution in [-0.4, -0.2) is 50.9 Å². The van der Waals surface area contributed by atoms with Crippen LogP contribution in [0.4, 0.5) is 0 Å². The van der Waals surface area contributed by atoms with Crippen molar-refractivity contribution >= 4 is 34.7 Å². The highest BCUT2D eigenvalue weighted by Gasteiger charge is 2.48. The summed E-state index contributed by atoms with van der Waals surface area (Å²) in [7, 11) is 0. The molecule has 2 aliphatic rings. The maximum absolute atomic E-state index is 13.6. The number of hydrogen-bond donors (Lipinski definition) is 1. The summed E-state index contributed by atoms with van der Waals surface area (Å²) in [5.74, 6) is 2.85. The summed E-state index contributed by atoms with van der Waals surface area (Å²) < 4.78 is 7.77. The Balaban J connectivity index is 1.61. The van der Waals surface area contributed by atoms with Crippen LogP contribution >= 0.6 is 11.8 Å². The summed E-state index contributed by atoms with van der Waals surface area (Å²) in [6.07, 6.45) is 7.67. The number of hydrogen-bond acceptors (Lipinski definition) is 4. The molecule has 31 heavy (non-hydrogen) atoms. The van der Waals surface area contributed by atoms with Crippen molar-refractivity contribution in [2.45, 2.75) is 83.8 Å². The molecule has 3 heterocycles. The number of carbonyl (C=O) groups is 2. The SMILES string of the molecule is CCCSCCCN1C(=O)c2cc3oc(C)cc3n2C[C@]1(C)C(=O)NC1CCCCC1. The third-order valence-electron chi connectivity index (χ3n) is 6.69. The van der Waals surface area contributed by atoms with Crippen molar-refractivity contribution in [3.8, 4) is 0 Å². The topological polar surface area (TPSA) is 67.5 Å². The van der Waals surface area contributed by atoms with Crippen LogP contribution in [0.1, 0.15) is 75.0 Å². The van der Waals surface area contributed by atoms with E-state index in [1.165, 1.54) is 6.42 Å². The van der Waals surface area contributed by atoms with Crippen molar-refractivity contribution in [1.82, 2.24) is 14.8 Å². The van der Waals surface area contributed by atoms with Gasteiger partial charge in [0.1, 0.15) is 17.0 Å². The normalized spacial score (nSPS) is 22.2. The minimum atomic E-state index is -0.909. The van der Waals surface area contributed by atoms with Crippen molar-refractivity contribution in [1.29, 1.82) is 0 Å². The van der Waals surface area contributed by atoms with E-state index in [0.717, 1.165) is 66.9 Å². The van der Waals surface area contributed by atoms with Gasteiger partial charge in [-0.05, 0) is 51.0 Å². The van der Waals surface area contributed by atoms with Gasteiger partial charge in [0.15, 0.2) is 5.58 Å². The minimum absolute atomic E-state index is 0.0262. The van der Waals surface area contributed by atoms with Gasteiger partial charge in [0.25, 0.3) is 5.91 Å². The Morgan fingerprint density at radius 2 is 2.03 bits per heavy atom. The average Bonchev–Trinajstić information content (AvgIpc) is 3.27. The molecule has 0 bridgehead atoms. The van der Waals surface area contributed by atoms with Crippen molar-refractivity contribution in [3.63, 3.8) is 0 Å². The zero-order valence-corrected chi connectivity index (χ0v) is 19.9. The predicted molar refractivity (Wildman–Crippen MR) is 126 cm³/mol. The number of amides is 2. The Bertz CT molecular complexity index is 943. The van der Waals surface area contributed by atoms with Gasteiger partial charge < -0.3 is 19.2 Å². The van der Waals surface area contributed by atoms with Gasteiger partial charge in [0, 0.05) is 24.7 Å². The highest BCUT2D eigenvalue weighted by molar-refractivity contribution is 7.99. The molecular formula is C24H35N3O3S. The highest BCUT2D eigenvalue weighted by atomic mass is 32.2. The van der Waals surface area contributed by atoms with E-state index in [4.69, 9.17) is 4.42 Å². The standard InChI is InChI=1S/C24H35N3O3S/c1-4-12-31-13-8-11-27-22(28)20-15-21-19(14-17(2)30-21)26(20)16-24(27,3)23(29)25-18-9-6-5-7-10-18/h14-15,18H,4-13,16H2,1-3H3,(H,25,29)/t24-/m1/s1. The molecule has 170 valence electrons. The molecule has 7 heteroatoms. The van der Waals surface area contributed by atoms with Gasteiger partial charge in [-0.1, -0.05) is 26.2 Å². The largest absolute Gasteiger partial charge is 0.460 e. The quantitative estimate of drug-likeness (QED) is 0.596. The summed E-state index contributed by atoms with van der Waals surface area (Å²) in [6.45, 7) is 7.07. The van der Waals surface area contributed by atoms with Crippen LogP contribution in [0.5, 0.6) is 0 Å². The number of aromatic nitrogens is 1. The number of rotatable bonds is 8. The fourth-order valence-corrected chi connectivity index (χ4v) is 5.80. The molecule has 2 amide bonds. The molecule has 4 rings (SSSR count). The average molecular weight is 446 g/mol. The van der Waals surface area contributed by atoms with Gasteiger partial charge >= 0.3 is 0 Å². The lowest BCUT2D eigenvalue weighted by Gasteiger charge is -2.44. The highest BCUT2D eigenvalue weighted by Crippen LogP contribution is 2.34. The van der Waals surface area contributed by atoms with Crippen molar-refractivity contribution in [2.75, 3.05) is 18.1 Å². The number of thioether (sulfide) groups is 1. The zero-order valence-electron chi connectivity index (χ0n) is 19.0. The lowest BCUT2D eigenvalue weighted by atomic mass is 9.91. The smallest absolute Gasteiger partial charge is 0.271 e. The molecule has 0 spiro atoms. The number of carbonyl (C=O) groups excluding carboxylic acids is 2. The Morgan fingerprint density at radius 1 is 1.26 bits per heavy atom. The second kappa shape index (κ2) is 9.31. The van der Waals surface area contributed by atoms with Crippen LogP contribution in [0.15, 0.2) is 16.5 Å². The van der Waals surface area contributed by atoms with E-state index in [9.17, 15) is 9.59 Å². The second-order valence-electron chi connectivity index (χ2n) is 9.23. The monoisotopic (exact) mass is 445 g/mol. The molecule has 2 aromatic rings. The van der Waals surface area contributed by atoms with E-state index in [0.29, 0.717) is 18.8 Å². The van der Waals surface area contributed by atoms with Crippen molar-refractivity contribution in [2.24, 2.45) is 0 Å². The van der Waals surface area contributed by atoms with Crippen LogP contribution in [0.25, 0.3) is 11.1 Å². The van der Waals surface area contributed by atoms with E-state index >= 15 is 0 Å². The van der Waals surface area contributed by atoms with Crippen LogP contribution in [0.2, 0.25) is 0 Å². The van der Waals surface area contributed by atoms with Gasteiger partial charge in [0.05, 0.1) is 12.1 Å². The van der Waals surface area contributed by atoms with Gasteiger partial charge in [-0.2, -0.15) is 11.8 Å². The summed E-state index contributed by atoms with van der Waals surface area (Å²) in [6, 6.07) is 4.02. The van der Waals surface area contributed by atoms with Crippen molar-refractivity contribution in [3.05, 3.63) is 23.6 Å². The molecule has 6 nitrogen and oxygen atoms in total. The van der Waals surface area contributed by atoms with E-state index in [2.05, 4.69) is 12.2 Å². The van der Waals surface area contributed by atoms with Crippen LogP contribution < -0.4 is 5.32 Å². The fourth-order valence-electron chi connectivity index (χ4n) is 4.97. The lowest BCUT2D eigenvalue weighted by molar-refractivity contribution is -0.133. The Kier molecular flexibility index (Phi) is 6.70. The first-order valence-electron chi connectivity index (χ1n) is 11.7. The number of nitrogens with zero attached hydrogens (tertiary/aromatic N) is 2. The second-order valence-corrected chi connectivity index (χ2v) is 10.5. The molecule has 0 saturated heterocycles. The lowest BCUT2D eigenvalue weighted by Crippen LogP contribution is -2.65. The van der Waals surface area contributed by atoms with Gasteiger partial charge in [0.2, 0.25) is 5.91 Å². The first kappa shape index (κ1) is 22.3. The van der Waals surface area contributed by atoms with Crippen LogP contribution in [-0.2, 0) is 11.3 Å². The van der Waals surface area contributed by atoms with E-state index in [-0.39, 0.29) is 17.9 Å². The Hall–Kier alpha value is -1.89. The molecule has 1 saturated carbocycles. The first-order chi connectivity index (χ1) is 14.9. The first-order valence-corrected chi connectivity index (χ1v) is 12.9. The van der Waals surface area contributed by atoms with Crippen molar-refractivity contribution < 1.29 is 14.0 Å². The Morgan fingerprint density at radius 3 is 2.77 bits per heavy atom. The molecule has 0 radical (unpaired) electrons. The number of aryl methyl sites for hydroxylation is 1. The molecule has 1 aliphatic heterocycles. The summed E-state index contributed by atoms with van der Waals surface area (Å²) in [5.41, 5.74) is 1.33. The molecule has 1 fully saturated rings. The van der Waals surface area contributed by atoms with Gasteiger partial charge in [-0.25, -0.2) is 0 Å². The summed E-state index contributed by atoms with van der Waals surface area (Å²) in [5, 5.41) is 3.29. The third-order valence-corrected chi connectivity index (χ3v) is 7.96. The van der Waals surface area contributed by atoms with Gasteiger partial charge in [-0.15, -0.1) is 0 Å². The number of furan rings is 1. The maximum Gasteiger partial charge on any atom is 0.271 e. The number of fused-ring (bicyclic) bond motifs is 3. The maximum atomic E-state index is 13.6. The summed E-state index contributed by atoms with van der Waals surface area (Å²) in [4.78, 5) is 29.0. The number of nitrogens with one attached hydrogen (secondary N) is 1. The molecular weight excluding hydrogens is 410 g/mol. The van der Waals surface area contributed by atoms with Crippen LogP contribution in [0.3, 0.4) is 0 Å². The molecule has 1 atom stereocenters. The summed E-state index contributed by atoms with van der Waals surface area (Å²) >= 11 is 1.91. The zero-order chi connectivity index (χ0) is 22.0. The molecule has 0 unspecified atom stereocenters. The van der Waals surface area contributed by atoms with E-state index in [1.807, 2.05) is 47.2 Å². The fraction of sp³-hybridized carbons (Fsp3) is 0.667. The molecule has 1 aliphatic carbocycles.